The van der Waals surface area contributed by atoms with Gasteiger partial charge in [0, 0.05) is 33.0 Å². The highest BCUT2D eigenvalue weighted by molar-refractivity contribution is 8.93. The van der Waals surface area contributed by atoms with E-state index in [1.807, 2.05) is 40.4 Å². The van der Waals surface area contributed by atoms with Gasteiger partial charge < -0.3 is 19.3 Å². The Morgan fingerprint density at radius 1 is 0.946 bits per heavy atom. The van der Waals surface area contributed by atoms with Gasteiger partial charge in [0.1, 0.15) is 17.4 Å². The molecule has 10 heteroatoms. The van der Waals surface area contributed by atoms with Gasteiger partial charge in [-0.1, -0.05) is 64.6 Å². The Morgan fingerprint density at radius 3 is 2.27 bits per heavy atom. The lowest BCUT2D eigenvalue weighted by atomic mass is 10.1. The van der Waals surface area contributed by atoms with Gasteiger partial charge >= 0.3 is 0 Å². The van der Waals surface area contributed by atoms with Crippen molar-refractivity contribution in [3.8, 4) is 5.75 Å². The molecule has 5 nitrogen and oxygen atoms in total. The van der Waals surface area contributed by atoms with Crippen LogP contribution in [0.15, 0.2) is 79.1 Å². The molecule has 1 aliphatic heterocycles. The third kappa shape index (κ3) is 7.79. The Bertz CT molecular complexity index is 1230. The van der Waals surface area contributed by atoms with Gasteiger partial charge in [-0.2, -0.15) is 0 Å². The number of methoxy groups -OCH3 is 1. The van der Waals surface area contributed by atoms with E-state index < -0.39 is 11.6 Å². The Kier molecular flexibility index (Phi) is 11.0. The number of ether oxygens (including phenoxy) is 2. The summed E-state index contributed by atoms with van der Waals surface area (Å²) in [4.78, 5) is 16.6. The summed E-state index contributed by atoms with van der Waals surface area (Å²) in [6.07, 6.45) is 3.21. The van der Waals surface area contributed by atoms with Crippen molar-refractivity contribution in [2.75, 3.05) is 20.3 Å². The molecule has 0 saturated heterocycles. The minimum absolute atomic E-state index is 0. The summed E-state index contributed by atoms with van der Waals surface area (Å²) in [7, 11) is 1.59. The van der Waals surface area contributed by atoms with Crippen LogP contribution in [0.2, 0.25) is 15.1 Å². The molecule has 1 heterocycles. The zero-order chi connectivity index (χ0) is 25.7. The molecule has 2 unspecified atom stereocenters. The largest absolute Gasteiger partial charge is 0.497 e. The van der Waals surface area contributed by atoms with Gasteiger partial charge in [0.25, 0.3) is 0 Å². The molecule has 0 N–H and O–H groups in total. The average Bonchev–Trinajstić information content (AvgIpc) is 3.34. The maximum Gasteiger partial charge on any atom is 0.182 e. The summed E-state index contributed by atoms with van der Waals surface area (Å²) in [5.41, 5.74) is 1.72. The van der Waals surface area contributed by atoms with Crippen molar-refractivity contribution in [2.24, 2.45) is 0 Å². The van der Waals surface area contributed by atoms with Crippen LogP contribution < -0.4 is 4.74 Å². The summed E-state index contributed by atoms with van der Waals surface area (Å²) in [5, 5.41) is 1.70. The highest BCUT2D eigenvalue weighted by Gasteiger charge is 2.30. The molecule has 0 amide bonds. The van der Waals surface area contributed by atoms with Crippen LogP contribution in [0.5, 0.6) is 5.75 Å². The number of hydrogen-bond donors (Lipinski definition) is 0. The van der Waals surface area contributed by atoms with Crippen molar-refractivity contribution < 1.29 is 14.3 Å². The number of alkyl halides is 1. The molecular weight excluding hydrogens is 622 g/mol. The number of ketones is 1. The zero-order valence-electron chi connectivity index (χ0n) is 19.8. The van der Waals surface area contributed by atoms with Crippen LogP contribution in [-0.4, -0.2) is 41.4 Å². The lowest BCUT2D eigenvalue weighted by Crippen LogP contribution is -2.37. The highest BCUT2D eigenvalue weighted by Crippen LogP contribution is 2.33. The molecule has 0 radical (unpaired) electrons. The van der Waals surface area contributed by atoms with Gasteiger partial charge in [-0.15, -0.1) is 17.0 Å². The number of carbonyl (C=O) groups is 1. The van der Waals surface area contributed by atoms with Crippen molar-refractivity contribution in [1.82, 2.24) is 9.80 Å². The first-order valence-electron chi connectivity index (χ1n) is 11.1. The number of Topliss-reactive ketones (excluding diaryl/α,β-unsaturated/α-hetero) is 1. The molecular formula is C27H25BrCl4N2O3. The number of carbonyl (C=O) groups excluding carboxylic acids is 1. The van der Waals surface area contributed by atoms with Crippen LogP contribution in [0.25, 0.3) is 0 Å². The summed E-state index contributed by atoms with van der Waals surface area (Å²) in [5.74, 6) is 0.704. The van der Waals surface area contributed by atoms with Crippen molar-refractivity contribution in [3.63, 3.8) is 0 Å². The summed E-state index contributed by atoms with van der Waals surface area (Å²) >= 11 is 25.4. The molecule has 0 fully saturated rings. The number of nitrogens with zero attached hydrogens (tertiary/aromatic N) is 2. The molecule has 0 aromatic heterocycles. The molecule has 196 valence electrons. The topological polar surface area (TPSA) is 42.0 Å². The standard InChI is InChI=1S/C27H24Cl4N2O3.BrH/c1-35-23-10-5-18(6-11-23)25(34)15-32-12-13-33(17-32)27(31)26(19-2-7-21(28)8-3-19)36-16-20-4-9-22(29)14-24(20)30;/h2-14,26-27H,15-17H2,1H3;1H. The van der Waals surface area contributed by atoms with Crippen molar-refractivity contribution in [3.05, 3.63) is 111 Å². The smallest absolute Gasteiger partial charge is 0.182 e. The fraction of sp³-hybridized carbons (Fsp3) is 0.222. The summed E-state index contributed by atoms with van der Waals surface area (Å²) in [6.45, 7) is 0.894. The first-order valence-corrected chi connectivity index (χ1v) is 12.7. The highest BCUT2D eigenvalue weighted by atomic mass is 79.9. The molecule has 3 aromatic rings. The molecule has 0 saturated carbocycles. The van der Waals surface area contributed by atoms with E-state index in [0.29, 0.717) is 33.0 Å². The number of rotatable bonds is 10. The maximum atomic E-state index is 12.8. The summed E-state index contributed by atoms with van der Waals surface area (Å²) < 4.78 is 11.4. The van der Waals surface area contributed by atoms with Crippen molar-refractivity contribution in [1.29, 1.82) is 0 Å². The first-order chi connectivity index (χ1) is 17.3. The molecule has 2 atom stereocenters. The Labute approximate surface area is 247 Å². The molecule has 0 aliphatic carbocycles. The number of benzene rings is 3. The van der Waals surface area contributed by atoms with Crippen LogP contribution in [0, 0.1) is 0 Å². The van der Waals surface area contributed by atoms with E-state index in [0.717, 1.165) is 11.1 Å². The van der Waals surface area contributed by atoms with E-state index in [1.165, 1.54) is 0 Å². The van der Waals surface area contributed by atoms with Gasteiger partial charge in [0.05, 0.1) is 26.9 Å². The van der Waals surface area contributed by atoms with E-state index in [1.54, 1.807) is 55.6 Å². The second-order valence-corrected chi connectivity index (χ2v) is 9.97. The predicted octanol–water partition coefficient (Wildman–Crippen LogP) is 7.99. The van der Waals surface area contributed by atoms with Crippen LogP contribution >= 0.6 is 63.4 Å². The monoisotopic (exact) mass is 644 g/mol. The zero-order valence-corrected chi connectivity index (χ0v) is 24.6. The number of halogens is 5. The van der Waals surface area contributed by atoms with Crippen LogP contribution in [-0.2, 0) is 11.3 Å². The SMILES string of the molecule is Br.COc1ccc(C(=O)CN2C=CN(C(Cl)C(OCc3ccc(Cl)cc3Cl)c3ccc(Cl)cc3)C2)cc1. The fourth-order valence-corrected chi connectivity index (χ4v) is 4.71. The lowest BCUT2D eigenvalue weighted by molar-refractivity contribution is 0.00699. The third-order valence-electron chi connectivity index (χ3n) is 5.77. The fourth-order valence-electron chi connectivity index (χ4n) is 3.78. The van der Waals surface area contributed by atoms with Gasteiger partial charge in [0.15, 0.2) is 5.78 Å². The summed E-state index contributed by atoms with van der Waals surface area (Å²) in [6, 6.07) is 19.7. The van der Waals surface area contributed by atoms with Gasteiger partial charge in [-0.25, -0.2) is 0 Å². The molecule has 0 bridgehead atoms. The predicted molar refractivity (Wildman–Crippen MR) is 155 cm³/mol. The van der Waals surface area contributed by atoms with Crippen LogP contribution in [0.1, 0.15) is 27.6 Å². The van der Waals surface area contributed by atoms with Crippen LogP contribution in [0.3, 0.4) is 0 Å². The lowest BCUT2D eigenvalue weighted by Gasteiger charge is -2.31. The minimum atomic E-state index is -0.561. The third-order valence-corrected chi connectivity index (χ3v) is 7.09. The van der Waals surface area contributed by atoms with E-state index in [-0.39, 0.29) is 35.9 Å². The minimum Gasteiger partial charge on any atom is -0.497 e. The number of hydrogen-bond acceptors (Lipinski definition) is 5. The Morgan fingerprint density at radius 2 is 1.62 bits per heavy atom. The molecule has 0 spiro atoms. The van der Waals surface area contributed by atoms with E-state index in [4.69, 9.17) is 55.9 Å². The van der Waals surface area contributed by atoms with E-state index >= 15 is 0 Å². The molecule has 37 heavy (non-hydrogen) atoms. The second-order valence-electron chi connectivity index (χ2n) is 8.24. The quantitative estimate of drug-likeness (QED) is 0.127. The van der Waals surface area contributed by atoms with E-state index in [9.17, 15) is 4.79 Å². The Hall–Kier alpha value is -1.93. The molecule has 4 rings (SSSR count). The molecule has 3 aromatic carbocycles. The maximum absolute atomic E-state index is 12.8. The van der Waals surface area contributed by atoms with Crippen molar-refractivity contribution in [2.45, 2.75) is 18.2 Å². The van der Waals surface area contributed by atoms with Gasteiger partial charge in [-0.3, -0.25) is 4.79 Å². The van der Waals surface area contributed by atoms with Crippen LogP contribution in [0.4, 0.5) is 0 Å². The first kappa shape index (κ1) is 29.6. The molecule has 1 aliphatic rings. The Balaban J connectivity index is 0.00000380. The van der Waals surface area contributed by atoms with Gasteiger partial charge in [-0.05, 0) is 59.7 Å². The van der Waals surface area contributed by atoms with Crippen molar-refractivity contribution >= 4 is 69.2 Å². The van der Waals surface area contributed by atoms with Gasteiger partial charge in [0.2, 0.25) is 0 Å². The van der Waals surface area contributed by atoms with E-state index in [2.05, 4.69) is 0 Å². The normalized spacial score (nSPS) is 14.3. The average molecular weight is 647 g/mol. The second kappa shape index (κ2) is 13.7.